The number of hydrogen-bond acceptors (Lipinski definition) is 4. The summed E-state index contributed by atoms with van der Waals surface area (Å²) in [5.74, 6) is 0.306. The van der Waals surface area contributed by atoms with E-state index >= 15 is 0 Å². The first-order chi connectivity index (χ1) is 13.8. The van der Waals surface area contributed by atoms with Crippen LogP contribution in [0.15, 0.2) is 30.6 Å². The number of aryl methyl sites for hydroxylation is 1. The quantitative estimate of drug-likeness (QED) is 0.794. The second-order valence-electron chi connectivity index (χ2n) is 9.11. The number of nitrogens with zero attached hydrogens (tertiary/aromatic N) is 4. The van der Waals surface area contributed by atoms with Crippen LogP contribution in [0.25, 0.3) is 5.65 Å². The van der Waals surface area contributed by atoms with Crippen LogP contribution in [0.4, 0.5) is 4.79 Å². The van der Waals surface area contributed by atoms with Gasteiger partial charge in [0, 0.05) is 43.6 Å². The smallest absolute Gasteiger partial charge is 0.410 e. The van der Waals surface area contributed by atoms with Gasteiger partial charge >= 0.3 is 6.09 Å². The number of fused-ring (bicyclic) bond motifs is 2. The summed E-state index contributed by atoms with van der Waals surface area (Å²) >= 11 is 0. The fraction of sp³-hybridized carbons (Fsp3) is 0.591. The van der Waals surface area contributed by atoms with Crippen molar-refractivity contribution in [3.63, 3.8) is 0 Å². The Bertz CT molecular complexity index is 901. The molecule has 29 heavy (non-hydrogen) atoms. The predicted molar refractivity (Wildman–Crippen MR) is 110 cm³/mol. The van der Waals surface area contributed by atoms with E-state index in [-0.39, 0.29) is 24.0 Å². The summed E-state index contributed by atoms with van der Waals surface area (Å²) in [6.45, 7) is 7.35. The van der Waals surface area contributed by atoms with Crippen LogP contribution in [-0.4, -0.2) is 62.5 Å². The Hall–Kier alpha value is -2.57. The standard InChI is InChI=1S/C22H30N4O3/c1-22(2,3)29-21(28)24-12-13-26-18(15-24)14-16(20(26)27)6-4-7-17-8-5-9-19-23-10-11-25(17)19/h5,8-11,16,18H,4,6-7,12-15H2,1-3H3/t16?,18-/m0/s1. The number of amides is 2. The number of pyridine rings is 1. The van der Waals surface area contributed by atoms with E-state index in [1.165, 1.54) is 5.69 Å². The van der Waals surface area contributed by atoms with Crippen LogP contribution in [-0.2, 0) is 16.0 Å². The largest absolute Gasteiger partial charge is 0.444 e. The number of carbonyl (C=O) groups excluding carboxylic acids is 2. The maximum Gasteiger partial charge on any atom is 0.410 e. The van der Waals surface area contributed by atoms with Gasteiger partial charge in [0.15, 0.2) is 0 Å². The van der Waals surface area contributed by atoms with Crippen LogP contribution in [0.2, 0.25) is 0 Å². The Morgan fingerprint density at radius 2 is 2.10 bits per heavy atom. The van der Waals surface area contributed by atoms with Gasteiger partial charge < -0.3 is 18.9 Å². The van der Waals surface area contributed by atoms with E-state index in [0.717, 1.165) is 31.3 Å². The van der Waals surface area contributed by atoms with Gasteiger partial charge in [0.1, 0.15) is 11.2 Å². The Morgan fingerprint density at radius 3 is 2.90 bits per heavy atom. The van der Waals surface area contributed by atoms with Crippen molar-refractivity contribution in [2.75, 3.05) is 19.6 Å². The summed E-state index contributed by atoms with van der Waals surface area (Å²) in [4.78, 5) is 33.3. The third kappa shape index (κ3) is 4.23. The first-order valence-electron chi connectivity index (χ1n) is 10.5. The van der Waals surface area contributed by atoms with Gasteiger partial charge in [0.05, 0.1) is 6.04 Å². The summed E-state index contributed by atoms with van der Waals surface area (Å²) in [5.41, 5.74) is 1.68. The van der Waals surface area contributed by atoms with Gasteiger partial charge in [-0.3, -0.25) is 4.79 Å². The molecule has 0 radical (unpaired) electrons. The molecule has 156 valence electrons. The lowest BCUT2D eigenvalue weighted by atomic mass is 9.97. The molecule has 7 heteroatoms. The highest BCUT2D eigenvalue weighted by atomic mass is 16.6. The second kappa shape index (κ2) is 7.69. The Balaban J connectivity index is 1.31. The molecule has 0 aromatic carbocycles. The molecule has 2 atom stereocenters. The lowest BCUT2D eigenvalue weighted by Gasteiger charge is -2.38. The normalized spacial score (nSPS) is 22.2. The van der Waals surface area contributed by atoms with Crippen LogP contribution in [0.3, 0.4) is 0 Å². The van der Waals surface area contributed by atoms with Gasteiger partial charge in [-0.25, -0.2) is 9.78 Å². The molecule has 2 saturated heterocycles. The van der Waals surface area contributed by atoms with E-state index in [1.807, 2.05) is 50.2 Å². The van der Waals surface area contributed by atoms with Crippen molar-refractivity contribution in [1.29, 1.82) is 0 Å². The molecule has 4 heterocycles. The third-order valence-corrected chi connectivity index (χ3v) is 5.82. The molecule has 0 aliphatic carbocycles. The number of aromatic nitrogens is 2. The average molecular weight is 399 g/mol. The van der Waals surface area contributed by atoms with Crippen LogP contribution in [0.5, 0.6) is 0 Å². The van der Waals surface area contributed by atoms with Crippen molar-refractivity contribution in [3.8, 4) is 0 Å². The Morgan fingerprint density at radius 1 is 1.28 bits per heavy atom. The molecule has 2 aliphatic heterocycles. The number of piperazine rings is 1. The fourth-order valence-corrected chi connectivity index (χ4v) is 4.48. The zero-order valence-electron chi connectivity index (χ0n) is 17.5. The van der Waals surface area contributed by atoms with Crippen LogP contribution < -0.4 is 0 Å². The van der Waals surface area contributed by atoms with E-state index < -0.39 is 5.60 Å². The number of hydrogen-bond donors (Lipinski definition) is 0. The minimum Gasteiger partial charge on any atom is -0.444 e. The molecule has 0 bridgehead atoms. The zero-order valence-corrected chi connectivity index (χ0v) is 17.5. The topological polar surface area (TPSA) is 67.2 Å². The molecule has 2 fully saturated rings. The van der Waals surface area contributed by atoms with E-state index in [0.29, 0.717) is 19.6 Å². The van der Waals surface area contributed by atoms with Crippen LogP contribution >= 0.6 is 0 Å². The van der Waals surface area contributed by atoms with E-state index in [2.05, 4.69) is 15.5 Å². The van der Waals surface area contributed by atoms with Gasteiger partial charge in [-0.2, -0.15) is 0 Å². The summed E-state index contributed by atoms with van der Waals surface area (Å²) in [6, 6.07) is 6.26. The highest BCUT2D eigenvalue weighted by Crippen LogP contribution is 2.31. The number of imidazole rings is 1. The first-order valence-corrected chi connectivity index (χ1v) is 10.5. The minimum atomic E-state index is -0.500. The average Bonchev–Trinajstić information content (AvgIpc) is 3.25. The summed E-state index contributed by atoms with van der Waals surface area (Å²) in [7, 11) is 0. The second-order valence-corrected chi connectivity index (χ2v) is 9.11. The van der Waals surface area contributed by atoms with Crippen molar-refractivity contribution in [2.45, 2.75) is 58.1 Å². The molecule has 0 spiro atoms. The molecule has 7 nitrogen and oxygen atoms in total. The first kappa shape index (κ1) is 19.7. The number of rotatable bonds is 4. The molecule has 1 unspecified atom stereocenters. The summed E-state index contributed by atoms with van der Waals surface area (Å²) in [6.07, 6.45) is 7.11. The van der Waals surface area contributed by atoms with E-state index in [4.69, 9.17) is 4.74 Å². The molecule has 2 amide bonds. The fourth-order valence-electron chi connectivity index (χ4n) is 4.48. The Kier molecular flexibility index (Phi) is 5.23. The highest BCUT2D eigenvalue weighted by Gasteiger charge is 2.43. The van der Waals surface area contributed by atoms with E-state index in [9.17, 15) is 9.59 Å². The van der Waals surface area contributed by atoms with Gasteiger partial charge in [-0.05, 0) is 58.6 Å². The van der Waals surface area contributed by atoms with Crippen LogP contribution in [0.1, 0.15) is 45.7 Å². The molecule has 0 N–H and O–H groups in total. The molecule has 0 saturated carbocycles. The summed E-state index contributed by atoms with van der Waals surface area (Å²) < 4.78 is 7.61. The highest BCUT2D eigenvalue weighted by molar-refractivity contribution is 5.82. The van der Waals surface area contributed by atoms with Crippen molar-refractivity contribution >= 4 is 17.6 Å². The maximum absolute atomic E-state index is 12.8. The van der Waals surface area contributed by atoms with Crippen molar-refractivity contribution < 1.29 is 14.3 Å². The molecule has 4 rings (SSSR count). The Labute approximate surface area is 171 Å². The van der Waals surface area contributed by atoms with Crippen molar-refractivity contribution in [2.24, 2.45) is 5.92 Å². The third-order valence-electron chi connectivity index (χ3n) is 5.82. The van der Waals surface area contributed by atoms with Crippen LogP contribution in [0, 0.1) is 5.92 Å². The number of carbonyl (C=O) groups is 2. The molecular formula is C22H30N4O3. The van der Waals surface area contributed by atoms with Gasteiger partial charge in [0.2, 0.25) is 5.91 Å². The van der Waals surface area contributed by atoms with E-state index in [1.54, 1.807) is 4.90 Å². The van der Waals surface area contributed by atoms with Gasteiger partial charge in [0.25, 0.3) is 0 Å². The lowest BCUT2D eigenvalue weighted by Crippen LogP contribution is -2.54. The summed E-state index contributed by atoms with van der Waals surface area (Å²) in [5, 5.41) is 0. The van der Waals surface area contributed by atoms with Gasteiger partial charge in [-0.15, -0.1) is 0 Å². The van der Waals surface area contributed by atoms with Crippen molar-refractivity contribution in [3.05, 3.63) is 36.3 Å². The van der Waals surface area contributed by atoms with Crippen molar-refractivity contribution in [1.82, 2.24) is 19.2 Å². The molecule has 2 aromatic rings. The SMILES string of the molecule is CC(C)(C)OC(=O)N1CCN2C(=O)C(CCCc3cccc4nccn34)C[C@H]2C1. The zero-order chi connectivity index (χ0) is 20.6. The minimum absolute atomic E-state index is 0.0561. The monoisotopic (exact) mass is 398 g/mol. The number of ether oxygens (including phenoxy) is 1. The van der Waals surface area contributed by atoms with Gasteiger partial charge in [-0.1, -0.05) is 6.07 Å². The lowest BCUT2D eigenvalue weighted by molar-refractivity contribution is -0.133. The molecule has 2 aromatic heterocycles. The molecular weight excluding hydrogens is 368 g/mol. The maximum atomic E-state index is 12.8. The molecule has 2 aliphatic rings. The predicted octanol–water partition coefficient (Wildman–Crippen LogP) is 3.12.